The standard InChI is InChI=1S/C2H2O.CH4O.Cl2OS/c1-2-3;1-2;1-4(2)3/h1H2;2H,1H3;. The predicted molar refractivity (Wildman–Crippen MR) is 39.3 cm³/mol. The maximum Gasteiger partial charge on any atom is 0.211 e. The fraction of sp³-hybridized carbons (Fsp3) is 0.333. The van der Waals surface area contributed by atoms with Gasteiger partial charge in [0.25, 0.3) is 0 Å². The molecule has 9 heavy (non-hydrogen) atoms. The summed E-state index contributed by atoms with van der Waals surface area (Å²) in [7, 11) is 8.36. The van der Waals surface area contributed by atoms with Crippen LogP contribution in [0.4, 0.5) is 0 Å². The molecule has 0 amide bonds. The molecule has 0 aliphatic heterocycles. The Morgan fingerprint density at radius 2 is 1.56 bits per heavy atom. The van der Waals surface area contributed by atoms with E-state index < -0.39 is 9.23 Å². The van der Waals surface area contributed by atoms with Crippen LogP contribution < -0.4 is 0 Å². The zero-order valence-electron chi connectivity index (χ0n) is 4.63. The van der Waals surface area contributed by atoms with Gasteiger partial charge >= 0.3 is 0 Å². The van der Waals surface area contributed by atoms with Crippen molar-refractivity contribution in [3.05, 3.63) is 6.58 Å². The van der Waals surface area contributed by atoms with E-state index in [0.717, 1.165) is 7.11 Å². The lowest BCUT2D eigenvalue weighted by Crippen LogP contribution is -1.41. The van der Waals surface area contributed by atoms with Crippen LogP contribution in [0.15, 0.2) is 6.58 Å². The lowest BCUT2D eigenvalue weighted by molar-refractivity contribution is 0.399. The molecule has 0 heterocycles. The Morgan fingerprint density at radius 3 is 1.56 bits per heavy atom. The summed E-state index contributed by atoms with van der Waals surface area (Å²) in [6.45, 7) is 2.68. The van der Waals surface area contributed by atoms with Gasteiger partial charge in [-0.25, -0.2) is 9.00 Å². The van der Waals surface area contributed by atoms with E-state index in [1.807, 2.05) is 0 Å². The molecule has 0 aromatic carbocycles. The predicted octanol–water partition coefficient (Wildman–Crippen LogP) is 0.655. The van der Waals surface area contributed by atoms with E-state index in [1.165, 1.54) is 5.94 Å². The molecule has 0 atom stereocenters. The molecule has 0 unspecified atom stereocenters. The van der Waals surface area contributed by atoms with Gasteiger partial charge in [-0.1, -0.05) is 0 Å². The summed E-state index contributed by atoms with van der Waals surface area (Å²) in [6, 6.07) is 0. The summed E-state index contributed by atoms with van der Waals surface area (Å²) in [5, 5.41) is 7.00. The maximum atomic E-state index is 9.09. The van der Waals surface area contributed by atoms with Crippen LogP contribution in [0.25, 0.3) is 0 Å². The molecular formula is C3H6Cl2O3S. The van der Waals surface area contributed by atoms with Crippen molar-refractivity contribution < 1.29 is 14.1 Å². The van der Waals surface area contributed by atoms with Crippen molar-refractivity contribution in [1.29, 1.82) is 0 Å². The molecule has 56 valence electrons. The molecule has 0 saturated carbocycles. The number of aliphatic hydroxyl groups is 1. The average molecular weight is 193 g/mol. The summed E-state index contributed by atoms with van der Waals surface area (Å²) in [6.07, 6.45) is 0. The van der Waals surface area contributed by atoms with Crippen LogP contribution in [0.5, 0.6) is 0 Å². The first-order chi connectivity index (χ1) is 4.15. The molecule has 1 N–H and O–H groups in total. The molecule has 0 saturated heterocycles. The van der Waals surface area contributed by atoms with Gasteiger partial charge < -0.3 is 5.11 Å². The highest BCUT2D eigenvalue weighted by Gasteiger charge is 1.67. The van der Waals surface area contributed by atoms with Crippen molar-refractivity contribution in [2.45, 2.75) is 0 Å². The molecule has 0 bridgehead atoms. The summed E-state index contributed by atoms with van der Waals surface area (Å²) < 4.78 is 9.09. The minimum Gasteiger partial charge on any atom is -0.400 e. The van der Waals surface area contributed by atoms with Gasteiger partial charge in [-0.15, -0.1) is 0 Å². The van der Waals surface area contributed by atoms with Crippen molar-refractivity contribution in [2.24, 2.45) is 0 Å². The Morgan fingerprint density at radius 1 is 1.56 bits per heavy atom. The van der Waals surface area contributed by atoms with Crippen LogP contribution in [0.3, 0.4) is 0 Å². The van der Waals surface area contributed by atoms with Gasteiger partial charge in [0, 0.05) is 28.5 Å². The number of hydrogen-bond acceptors (Lipinski definition) is 3. The zero-order valence-corrected chi connectivity index (χ0v) is 6.96. The van der Waals surface area contributed by atoms with Crippen LogP contribution >= 0.6 is 21.4 Å². The van der Waals surface area contributed by atoms with E-state index in [0.29, 0.717) is 0 Å². The van der Waals surface area contributed by atoms with Gasteiger partial charge in [-0.2, -0.15) is 0 Å². The van der Waals surface area contributed by atoms with Crippen LogP contribution in [-0.2, 0) is 14.0 Å². The lowest BCUT2D eigenvalue weighted by Gasteiger charge is -1.50. The van der Waals surface area contributed by atoms with E-state index in [-0.39, 0.29) is 0 Å². The fourth-order valence-corrected chi connectivity index (χ4v) is 0. The third kappa shape index (κ3) is 15700. The molecule has 0 radical (unpaired) electrons. The number of hydrogen-bond donors (Lipinski definition) is 1. The molecule has 0 rings (SSSR count). The average Bonchev–Trinajstić information content (AvgIpc) is 1.71. The third-order valence-corrected chi connectivity index (χ3v) is 0. The molecule has 0 aromatic heterocycles. The Bertz CT molecular complexity index is 85.1. The van der Waals surface area contributed by atoms with Gasteiger partial charge in [0.2, 0.25) is 9.23 Å². The quantitative estimate of drug-likeness (QED) is 0.454. The molecule has 0 aliphatic carbocycles. The summed E-state index contributed by atoms with van der Waals surface area (Å²) in [5.74, 6) is 1.25. The molecule has 0 aromatic rings. The topological polar surface area (TPSA) is 54.4 Å². The fourth-order valence-electron chi connectivity index (χ4n) is 0. The van der Waals surface area contributed by atoms with Crippen LogP contribution in [0.2, 0.25) is 0 Å². The summed E-state index contributed by atoms with van der Waals surface area (Å²) in [4.78, 5) is 8.57. The van der Waals surface area contributed by atoms with Crippen molar-refractivity contribution in [3.63, 3.8) is 0 Å². The first-order valence-corrected chi connectivity index (χ1v) is 4.28. The van der Waals surface area contributed by atoms with Crippen molar-refractivity contribution in [1.82, 2.24) is 0 Å². The largest absolute Gasteiger partial charge is 0.400 e. The van der Waals surface area contributed by atoms with Crippen molar-refractivity contribution in [2.75, 3.05) is 7.11 Å². The van der Waals surface area contributed by atoms with Gasteiger partial charge in [-0.3, -0.25) is 0 Å². The first-order valence-electron chi connectivity index (χ1n) is 1.48. The molecule has 3 nitrogen and oxygen atoms in total. The number of carbonyl (C=O) groups excluding carboxylic acids is 1. The van der Waals surface area contributed by atoms with Gasteiger partial charge in [0.15, 0.2) is 0 Å². The zero-order chi connectivity index (χ0) is 8.28. The van der Waals surface area contributed by atoms with Crippen LogP contribution in [0, 0.1) is 0 Å². The second-order valence-corrected chi connectivity index (χ2v) is 2.85. The minimum absolute atomic E-state index is 1.00. The molecular weight excluding hydrogens is 187 g/mol. The highest BCUT2D eigenvalue weighted by molar-refractivity contribution is 8.26. The summed E-state index contributed by atoms with van der Waals surface area (Å²) in [5.41, 5.74) is 0. The van der Waals surface area contributed by atoms with E-state index in [4.69, 9.17) is 14.1 Å². The smallest absolute Gasteiger partial charge is 0.211 e. The molecule has 0 spiro atoms. The van der Waals surface area contributed by atoms with Crippen molar-refractivity contribution >= 4 is 36.5 Å². The second kappa shape index (κ2) is 24.2. The van der Waals surface area contributed by atoms with Crippen LogP contribution in [-0.4, -0.2) is 22.4 Å². The maximum absolute atomic E-state index is 9.09. The Kier molecular flexibility index (Phi) is 43.2. The monoisotopic (exact) mass is 192 g/mol. The first kappa shape index (κ1) is 16.1. The van der Waals surface area contributed by atoms with Gasteiger partial charge in [0.1, 0.15) is 5.94 Å². The Balaban J connectivity index is -0.0000000646. The molecule has 0 aliphatic rings. The third-order valence-electron chi connectivity index (χ3n) is 0. The van der Waals surface area contributed by atoms with Crippen molar-refractivity contribution in [3.8, 4) is 0 Å². The second-order valence-electron chi connectivity index (χ2n) is 0.329. The summed E-state index contributed by atoms with van der Waals surface area (Å²) >= 11 is 0. The number of halogens is 2. The lowest BCUT2D eigenvalue weighted by atomic mass is 11.2. The number of rotatable bonds is 0. The van der Waals surface area contributed by atoms with Crippen LogP contribution in [0.1, 0.15) is 0 Å². The van der Waals surface area contributed by atoms with E-state index >= 15 is 0 Å². The SMILES string of the molecule is C=C=O.CO.O=S(Cl)Cl. The Hall–Kier alpha value is 0.140. The van der Waals surface area contributed by atoms with E-state index in [9.17, 15) is 0 Å². The molecule has 6 heteroatoms. The minimum atomic E-state index is -1.67. The van der Waals surface area contributed by atoms with Gasteiger partial charge in [-0.05, 0) is 6.58 Å². The normalized spacial score (nSPS) is 5.44. The highest BCUT2D eigenvalue weighted by atomic mass is 36.0. The highest BCUT2D eigenvalue weighted by Crippen LogP contribution is 1.89. The van der Waals surface area contributed by atoms with E-state index in [2.05, 4.69) is 27.9 Å². The van der Waals surface area contributed by atoms with E-state index in [1.54, 1.807) is 0 Å². The molecule has 0 fully saturated rings. The number of aliphatic hydroxyl groups excluding tert-OH is 1. The van der Waals surface area contributed by atoms with Gasteiger partial charge in [0.05, 0.1) is 0 Å². The Labute approximate surface area is 64.7 Å².